The number of hydrogen-bond donors (Lipinski definition) is 1. The molecule has 3 nitrogen and oxygen atoms in total. The minimum atomic E-state index is 0.362. The van der Waals surface area contributed by atoms with E-state index in [1.54, 1.807) is 0 Å². The van der Waals surface area contributed by atoms with Crippen LogP contribution in [0.15, 0.2) is 4.47 Å². The van der Waals surface area contributed by atoms with Crippen molar-refractivity contribution >= 4 is 21.7 Å². The highest BCUT2D eigenvalue weighted by atomic mass is 79.9. The van der Waals surface area contributed by atoms with E-state index in [2.05, 4.69) is 52.0 Å². The molecule has 0 radical (unpaired) electrons. The van der Waals surface area contributed by atoms with Gasteiger partial charge in [0, 0.05) is 13.0 Å². The number of hydrogen-bond acceptors (Lipinski definition) is 3. The second-order valence-corrected chi connectivity index (χ2v) is 4.24. The minimum Gasteiger partial charge on any atom is -0.372 e. The second-order valence-electron chi connectivity index (χ2n) is 3.45. The third-order valence-electron chi connectivity index (χ3n) is 2.03. The number of anilines is 1. The van der Waals surface area contributed by atoms with Crippen molar-refractivity contribution in [3.63, 3.8) is 0 Å². The molecule has 14 heavy (non-hydrogen) atoms. The summed E-state index contributed by atoms with van der Waals surface area (Å²) in [5.41, 5.74) is 1.06. The Morgan fingerprint density at radius 3 is 2.43 bits per heavy atom. The zero-order chi connectivity index (χ0) is 10.7. The van der Waals surface area contributed by atoms with Crippen molar-refractivity contribution in [2.45, 2.75) is 33.1 Å². The minimum absolute atomic E-state index is 0.362. The molecule has 0 aromatic carbocycles. The smallest absolute Gasteiger partial charge is 0.144 e. The molecule has 0 aliphatic heterocycles. The molecule has 0 saturated carbocycles. The topological polar surface area (TPSA) is 37.8 Å². The molecular formula is C10H16BrN3. The molecule has 0 aliphatic carbocycles. The first kappa shape index (κ1) is 11.4. The summed E-state index contributed by atoms with van der Waals surface area (Å²) in [6.45, 7) is 6.29. The van der Waals surface area contributed by atoms with Gasteiger partial charge in [0.25, 0.3) is 0 Å². The van der Waals surface area contributed by atoms with Crippen molar-refractivity contribution in [2.24, 2.45) is 0 Å². The molecule has 4 heteroatoms. The lowest BCUT2D eigenvalue weighted by molar-refractivity contribution is 0.757. The normalized spacial score (nSPS) is 10.7. The Labute approximate surface area is 93.5 Å². The number of aromatic nitrogens is 2. The first-order valence-corrected chi connectivity index (χ1v) is 5.63. The Hall–Kier alpha value is -0.640. The van der Waals surface area contributed by atoms with E-state index in [0.717, 1.165) is 28.2 Å². The van der Waals surface area contributed by atoms with Crippen LogP contribution in [-0.2, 0) is 6.42 Å². The second kappa shape index (κ2) is 4.73. The van der Waals surface area contributed by atoms with Gasteiger partial charge in [-0.1, -0.05) is 20.8 Å². The van der Waals surface area contributed by atoms with Gasteiger partial charge in [-0.05, 0) is 22.4 Å². The van der Waals surface area contributed by atoms with Gasteiger partial charge < -0.3 is 5.32 Å². The fourth-order valence-corrected chi connectivity index (χ4v) is 1.83. The average Bonchev–Trinajstić information content (AvgIpc) is 2.17. The van der Waals surface area contributed by atoms with Crippen molar-refractivity contribution < 1.29 is 0 Å². The zero-order valence-electron chi connectivity index (χ0n) is 9.06. The van der Waals surface area contributed by atoms with Gasteiger partial charge >= 0.3 is 0 Å². The van der Waals surface area contributed by atoms with E-state index in [0.29, 0.717) is 5.92 Å². The Morgan fingerprint density at radius 1 is 1.36 bits per heavy atom. The standard InChI is InChI=1S/C10H16BrN3/c1-5-7-8(11)10(12-4)14-9(13-7)6(2)3/h6H,5H2,1-4H3,(H,12,13,14). The van der Waals surface area contributed by atoms with Crippen LogP contribution in [0.2, 0.25) is 0 Å². The maximum Gasteiger partial charge on any atom is 0.144 e. The number of nitrogens with one attached hydrogen (secondary N) is 1. The molecule has 0 unspecified atom stereocenters. The molecular weight excluding hydrogens is 242 g/mol. The molecule has 1 heterocycles. The highest BCUT2D eigenvalue weighted by Gasteiger charge is 2.11. The van der Waals surface area contributed by atoms with Crippen LogP contribution < -0.4 is 5.32 Å². The van der Waals surface area contributed by atoms with Crippen LogP contribution in [0.4, 0.5) is 5.82 Å². The van der Waals surface area contributed by atoms with E-state index in [-0.39, 0.29) is 0 Å². The van der Waals surface area contributed by atoms with Crippen molar-refractivity contribution in [1.29, 1.82) is 0 Å². The fraction of sp³-hybridized carbons (Fsp3) is 0.600. The highest BCUT2D eigenvalue weighted by Crippen LogP contribution is 2.25. The van der Waals surface area contributed by atoms with Crippen LogP contribution in [0.3, 0.4) is 0 Å². The van der Waals surface area contributed by atoms with Crippen molar-refractivity contribution in [1.82, 2.24) is 9.97 Å². The fourth-order valence-electron chi connectivity index (χ4n) is 1.17. The first-order valence-electron chi connectivity index (χ1n) is 4.84. The van der Waals surface area contributed by atoms with Gasteiger partial charge in [-0.2, -0.15) is 0 Å². The number of halogens is 1. The SMILES string of the molecule is CCc1nc(C(C)C)nc(NC)c1Br. The van der Waals surface area contributed by atoms with Gasteiger partial charge in [-0.3, -0.25) is 0 Å². The number of nitrogens with zero attached hydrogens (tertiary/aromatic N) is 2. The third kappa shape index (κ3) is 2.23. The predicted octanol–water partition coefficient (Wildman–Crippen LogP) is 2.97. The molecule has 0 atom stereocenters. The average molecular weight is 258 g/mol. The summed E-state index contributed by atoms with van der Waals surface area (Å²) < 4.78 is 0.979. The van der Waals surface area contributed by atoms with Crippen molar-refractivity contribution in [2.75, 3.05) is 12.4 Å². The maximum atomic E-state index is 4.50. The van der Waals surface area contributed by atoms with E-state index >= 15 is 0 Å². The third-order valence-corrected chi connectivity index (χ3v) is 2.86. The molecule has 0 aliphatic rings. The summed E-state index contributed by atoms with van der Waals surface area (Å²) in [6.07, 6.45) is 0.914. The van der Waals surface area contributed by atoms with Gasteiger partial charge in [0.15, 0.2) is 0 Å². The Morgan fingerprint density at radius 2 is 2.00 bits per heavy atom. The molecule has 1 rings (SSSR count). The van der Waals surface area contributed by atoms with Crippen LogP contribution in [-0.4, -0.2) is 17.0 Å². The monoisotopic (exact) mass is 257 g/mol. The van der Waals surface area contributed by atoms with Crippen LogP contribution in [0.1, 0.15) is 38.2 Å². The van der Waals surface area contributed by atoms with Gasteiger partial charge in [0.05, 0.1) is 10.2 Å². The van der Waals surface area contributed by atoms with Crippen LogP contribution >= 0.6 is 15.9 Å². The van der Waals surface area contributed by atoms with Crippen LogP contribution in [0.25, 0.3) is 0 Å². The number of aryl methyl sites for hydroxylation is 1. The Kier molecular flexibility index (Phi) is 3.86. The molecule has 0 saturated heterocycles. The lowest BCUT2D eigenvalue weighted by Crippen LogP contribution is -2.06. The van der Waals surface area contributed by atoms with E-state index in [4.69, 9.17) is 0 Å². The molecule has 0 bridgehead atoms. The van der Waals surface area contributed by atoms with Crippen molar-refractivity contribution in [3.05, 3.63) is 16.0 Å². The number of rotatable bonds is 3. The lowest BCUT2D eigenvalue weighted by atomic mass is 10.2. The predicted molar refractivity (Wildman–Crippen MR) is 62.7 cm³/mol. The van der Waals surface area contributed by atoms with E-state index < -0.39 is 0 Å². The van der Waals surface area contributed by atoms with Gasteiger partial charge in [-0.25, -0.2) is 9.97 Å². The summed E-state index contributed by atoms with van der Waals surface area (Å²) in [5.74, 6) is 2.13. The molecule has 78 valence electrons. The molecule has 1 N–H and O–H groups in total. The largest absolute Gasteiger partial charge is 0.372 e. The summed E-state index contributed by atoms with van der Waals surface area (Å²) in [4.78, 5) is 8.93. The molecule has 0 fully saturated rings. The Bertz CT molecular complexity index is 298. The molecule has 1 aromatic rings. The maximum absolute atomic E-state index is 4.50. The van der Waals surface area contributed by atoms with Gasteiger partial charge in [-0.15, -0.1) is 0 Å². The summed E-state index contributed by atoms with van der Waals surface area (Å²) in [6, 6.07) is 0. The Balaban J connectivity index is 3.25. The molecule has 1 aromatic heterocycles. The highest BCUT2D eigenvalue weighted by molar-refractivity contribution is 9.10. The summed E-state index contributed by atoms with van der Waals surface area (Å²) in [5, 5.41) is 3.07. The lowest BCUT2D eigenvalue weighted by Gasteiger charge is -2.11. The van der Waals surface area contributed by atoms with Gasteiger partial charge in [0.1, 0.15) is 11.6 Å². The van der Waals surface area contributed by atoms with Crippen LogP contribution in [0, 0.1) is 0 Å². The van der Waals surface area contributed by atoms with E-state index in [9.17, 15) is 0 Å². The molecule has 0 spiro atoms. The summed E-state index contributed by atoms with van der Waals surface area (Å²) in [7, 11) is 1.87. The van der Waals surface area contributed by atoms with Crippen LogP contribution in [0.5, 0.6) is 0 Å². The zero-order valence-corrected chi connectivity index (χ0v) is 10.6. The van der Waals surface area contributed by atoms with Crippen molar-refractivity contribution in [3.8, 4) is 0 Å². The summed E-state index contributed by atoms with van der Waals surface area (Å²) >= 11 is 3.50. The van der Waals surface area contributed by atoms with E-state index in [1.165, 1.54) is 0 Å². The molecule has 0 amide bonds. The van der Waals surface area contributed by atoms with E-state index in [1.807, 2.05) is 7.05 Å². The van der Waals surface area contributed by atoms with Gasteiger partial charge in [0.2, 0.25) is 0 Å². The first-order chi connectivity index (χ1) is 6.60. The quantitative estimate of drug-likeness (QED) is 0.905.